The molecule has 2 heteroatoms. The van der Waals surface area contributed by atoms with Crippen LogP contribution in [0.15, 0.2) is 0 Å². The molecule has 42 valence electrons. The quantitative estimate of drug-likeness (QED) is 0.629. The van der Waals surface area contributed by atoms with Gasteiger partial charge in [-0.05, 0) is 0 Å². The van der Waals surface area contributed by atoms with E-state index in [-0.39, 0.29) is 0 Å². The molecule has 0 aliphatic carbocycles. The molecule has 0 radical (unpaired) electrons. The van der Waals surface area contributed by atoms with Crippen molar-refractivity contribution in [1.82, 2.24) is 0 Å². The van der Waals surface area contributed by atoms with Crippen molar-refractivity contribution in [3.8, 4) is 0 Å². The Morgan fingerprint density at radius 1 is 1.57 bits per heavy atom. The average molecular weight is 214 g/mol. The van der Waals surface area contributed by atoms with Gasteiger partial charge in [0.05, 0.1) is 0 Å². The Morgan fingerprint density at radius 3 is 2.29 bits per heavy atom. The van der Waals surface area contributed by atoms with Crippen LogP contribution in [-0.4, -0.2) is 32.2 Å². The molecule has 0 bridgehead atoms. The zero-order chi connectivity index (χ0) is 5.70. The van der Waals surface area contributed by atoms with Gasteiger partial charge >= 0.3 is 57.2 Å². The van der Waals surface area contributed by atoms with Gasteiger partial charge in [-0.25, -0.2) is 0 Å². The molecular weight excluding hydrogens is 204 g/mol. The van der Waals surface area contributed by atoms with Crippen molar-refractivity contribution >= 4 is 25.6 Å². The van der Waals surface area contributed by atoms with Gasteiger partial charge in [0.1, 0.15) is 0 Å². The molecular formula is C5H10OTe. The molecule has 0 aromatic rings. The number of hydrogen-bond acceptors (Lipinski definition) is 1. The fraction of sp³-hybridized carbons (Fsp3) is 0.800. The summed E-state index contributed by atoms with van der Waals surface area (Å²) in [7, 11) is 0. The maximum absolute atomic E-state index is 5.11. The van der Waals surface area contributed by atoms with Gasteiger partial charge < -0.3 is 0 Å². The van der Waals surface area contributed by atoms with E-state index in [1.165, 1.54) is 0 Å². The van der Waals surface area contributed by atoms with Crippen molar-refractivity contribution in [3.05, 3.63) is 0 Å². The Kier molecular flexibility index (Phi) is 4.92. The first kappa shape index (κ1) is 7.46. The van der Waals surface area contributed by atoms with E-state index in [9.17, 15) is 0 Å². The van der Waals surface area contributed by atoms with Crippen molar-refractivity contribution in [2.24, 2.45) is 0 Å². The second kappa shape index (κ2) is 4.61. The van der Waals surface area contributed by atoms with Crippen LogP contribution in [0.1, 0.15) is 20.3 Å². The van der Waals surface area contributed by atoms with E-state index < -0.39 is 0 Å². The molecule has 0 heterocycles. The fourth-order valence-corrected chi connectivity index (χ4v) is 0.599. The molecule has 0 saturated heterocycles. The first-order valence-electron chi connectivity index (χ1n) is 2.46. The maximum atomic E-state index is 5.11. The van der Waals surface area contributed by atoms with E-state index in [0.717, 1.165) is 16.8 Å². The number of rotatable bonds is 3. The topological polar surface area (TPSA) is 9.23 Å². The van der Waals surface area contributed by atoms with Gasteiger partial charge in [-0.15, -0.1) is 0 Å². The monoisotopic (exact) mass is 216 g/mol. The predicted molar refractivity (Wildman–Crippen MR) is 32.7 cm³/mol. The predicted octanol–water partition coefficient (Wildman–Crippen LogP) is 0.731. The van der Waals surface area contributed by atoms with Crippen LogP contribution in [0.4, 0.5) is 0 Å². The van der Waals surface area contributed by atoms with Crippen LogP contribution >= 0.6 is 0 Å². The molecule has 7 heavy (non-hydrogen) atoms. The SMILES string of the molecule is CCOC(=[Te])CC. The summed E-state index contributed by atoms with van der Waals surface area (Å²) < 4.78 is 6.25. The summed E-state index contributed by atoms with van der Waals surface area (Å²) in [4.78, 5) is 0. The molecule has 0 aromatic heterocycles. The molecule has 0 aromatic carbocycles. The Labute approximate surface area is 57.4 Å². The second-order valence-electron chi connectivity index (χ2n) is 1.16. The standard InChI is InChI=1S/C5H10OTe/c1-3-5(7)6-4-2/h3-4H2,1-2H3. The summed E-state index contributed by atoms with van der Waals surface area (Å²) in [5.74, 6) is 0. The molecule has 0 rings (SSSR count). The molecule has 1 nitrogen and oxygen atoms in total. The van der Waals surface area contributed by atoms with Crippen LogP contribution in [0.25, 0.3) is 0 Å². The molecule has 0 aliphatic heterocycles. The summed E-state index contributed by atoms with van der Waals surface area (Å²) in [6.45, 7) is 4.90. The van der Waals surface area contributed by atoms with E-state index in [1.54, 1.807) is 0 Å². The van der Waals surface area contributed by atoms with Crippen molar-refractivity contribution in [1.29, 1.82) is 0 Å². The summed E-state index contributed by atoms with van der Waals surface area (Å²) >= 11 is 1.94. The van der Waals surface area contributed by atoms with Crippen molar-refractivity contribution in [2.75, 3.05) is 6.61 Å². The van der Waals surface area contributed by atoms with Gasteiger partial charge in [-0.2, -0.15) is 0 Å². The summed E-state index contributed by atoms with van der Waals surface area (Å²) in [5, 5.41) is 0. The Hall–Kier alpha value is 0.460. The first-order valence-corrected chi connectivity index (χ1v) is 3.63. The molecule has 0 saturated carbocycles. The van der Waals surface area contributed by atoms with E-state index in [0.29, 0.717) is 0 Å². The minimum atomic E-state index is 0.808. The third-order valence-electron chi connectivity index (χ3n) is 0.594. The van der Waals surface area contributed by atoms with Crippen LogP contribution in [-0.2, 0) is 4.74 Å². The number of ether oxygens (including phenoxy) is 1. The van der Waals surface area contributed by atoms with Gasteiger partial charge in [0, 0.05) is 0 Å². The second-order valence-corrected chi connectivity index (χ2v) is 2.46. The van der Waals surface area contributed by atoms with Crippen molar-refractivity contribution in [2.45, 2.75) is 20.3 Å². The van der Waals surface area contributed by atoms with Gasteiger partial charge in [0.25, 0.3) is 0 Å². The zero-order valence-corrected chi connectivity index (χ0v) is 7.06. The minimum absolute atomic E-state index is 0.808. The Morgan fingerprint density at radius 2 is 2.14 bits per heavy atom. The molecule has 0 N–H and O–H groups in total. The molecule has 0 amide bonds. The molecule has 0 atom stereocenters. The van der Waals surface area contributed by atoms with Crippen LogP contribution in [0.2, 0.25) is 0 Å². The fourth-order valence-electron chi connectivity index (χ4n) is 0.263. The summed E-state index contributed by atoms with van der Waals surface area (Å²) in [5.41, 5.74) is 0. The summed E-state index contributed by atoms with van der Waals surface area (Å²) in [6.07, 6.45) is 1.04. The Bertz CT molecular complexity index is 61.1. The normalized spacial score (nSPS) is 8.29. The molecule has 0 spiro atoms. The molecule has 0 fully saturated rings. The van der Waals surface area contributed by atoms with E-state index in [4.69, 9.17) is 4.74 Å². The van der Waals surface area contributed by atoms with E-state index in [1.807, 2.05) is 28.7 Å². The van der Waals surface area contributed by atoms with Gasteiger partial charge in [-0.1, -0.05) is 0 Å². The van der Waals surface area contributed by atoms with Crippen LogP contribution in [0.5, 0.6) is 0 Å². The van der Waals surface area contributed by atoms with Crippen molar-refractivity contribution in [3.63, 3.8) is 0 Å². The van der Waals surface area contributed by atoms with E-state index >= 15 is 0 Å². The summed E-state index contributed by atoms with van der Waals surface area (Å²) in [6, 6.07) is 0. The van der Waals surface area contributed by atoms with Crippen LogP contribution in [0, 0.1) is 0 Å². The Balaban J connectivity index is 3.00. The first-order chi connectivity index (χ1) is 3.31. The van der Waals surface area contributed by atoms with Crippen LogP contribution < -0.4 is 0 Å². The van der Waals surface area contributed by atoms with Gasteiger partial charge in [0.2, 0.25) is 0 Å². The third kappa shape index (κ3) is 4.31. The average Bonchev–Trinajstić information content (AvgIpc) is 1.68. The molecule has 0 unspecified atom stereocenters. The van der Waals surface area contributed by atoms with E-state index in [2.05, 4.69) is 6.92 Å². The van der Waals surface area contributed by atoms with Crippen molar-refractivity contribution < 1.29 is 4.74 Å². The zero-order valence-electron chi connectivity index (χ0n) is 4.73. The van der Waals surface area contributed by atoms with Gasteiger partial charge in [-0.3, -0.25) is 0 Å². The third-order valence-corrected chi connectivity index (χ3v) is 1.75. The van der Waals surface area contributed by atoms with Gasteiger partial charge in [0.15, 0.2) is 0 Å². The number of hydrogen-bond donors (Lipinski definition) is 0. The molecule has 0 aliphatic rings. The van der Waals surface area contributed by atoms with Crippen LogP contribution in [0.3, 0.4) is 0 Å².